The maximum absolute atomic E-state index is 11.5. The number of hydrogen-bond donors (Lipinski definition) is 2. The Labute approximate surface area is 120 Å². The molecule has 5 nitrogen and oxygen atoms in total. The number of carbonyl (C=O) groups excluding carboxylic acids is 1. The number of anilines is 1. The van der Waals surface area contributed by atoms with Gasteiger partial charge in [0.05, 0.1) is 13.2 Å². The Bertz CT molecular complexity index is 425. The zero-order chi connectivity index (χ0) is 14.4. The molecule has 110 valence electrons. The summed E-state index contributed by atoms with van der Waals surface area (Å²) in [5.74, 6) is 0. The lowest BCUT2D eigenvalue weighted by molar-refractivity contribution is 0.122. The van der Waals surface area contributed by atoms with Crippen molar-refractivity contribution < 1.29 is 9.53 Å². The third-order valence-electron chi connectivity index (χ3n) is 3.19. The molecule has 0 bridgehead atoms. The topological polar surface area (TPSA) is 53.6 Å². The second kappa shape index (κ2) is 7.14. The van der Waals surface area contributed by atoms with Gasteiger partial charge in [-0.25, -0.2) is 4.79 Å². The molecule has 0 radical (unpaired) electrons. The summed E-state index contributed by atoms with van der Waals surface area (Å²) in [6.07, 6.45) is 0. The molecule has 0 aromatic heterocycles. The highest BCUT2D eigenvalue weighted by molar-refractivity contribution is 5.74. The van der Waals surface area contributed by atoms with E-state index in [9.17, 15) is 4.79 Å². The molecular formula is C15H23N3O2. The molecule has 0 saturated carbocycles. The smallest absolute Gasteiger partial charge is 0.315 e. The highest BCUT2D eigenvalue weighted by Crippen LogP contribution is 2.16. The minimum Gasteiger partial charge on any atom is -0.378 e. The standard InChI is InChI=1S/C15H23N3O2/c1-12(2)17-15(19)16-11-13-3-5-14(6-4-13)18-7-9-20-10-8-18/h3-6,12H,7-11H2,1-2H3,(H2,16,17,19). The lowest BCUT2D eigenvalue weighted by atomic mass is 10.2. The molecule has 0 aliphatic carbocycles. The van der Waals surface area contributed by atoms with Crippen LogP contribution in [-0.4, -0.2) is 38.4 Å². The van der Waals surface area contributed by atoms with Crippen LogP contribution in [0.3, 0.4) is 0 Å². The SMILES string of the molecule is CC(C)NC(=O)NCc1ccc(N2CCOCC2)cc1. The van der Waals surface area contributed by atoms with E-state index in [1.807, 2.05) is 13.8 Å². The van der Waals surface area contributed by atoms with Crippen LogP contribution in [0.5, 0.6) is 0 Å². The van der Waals surface area contributed by atoms with Gasteiger partial charge in [0.1, 0.15) is 0 Å². The number of ether oxygens (including phenoxy) is 1. The van der Waals surface area contributed by atoms with Crippen molar-refractivity contribution in [3.8, 4) is 0 Å². The molecule has 0 unspecified atom stereocenters. The van der Waals surface area contributed by atoms with E-state index in [1.54, 1.807) is 0 Å². The van der Waals surface area contributed by atoms with Gasteiger partial charge < -0.3 is 20.3 Å². The molecule has 1 saturated heterocycles. The second-order valence-electron chi connectivity index (χ2n) is 5.25. The number of nitrogens with one attached hydrogen (secondary N) is 2. The van der Waals surface area contributed by atoms with Gasteiger partial charge in [-0.3, -0.25) is 0 Å². The highest BCUT2D eigenvalue weighted by Gasteiger charge is 2.10. The second-order valence-corrected chi connectivity index (χ2v) is 5.25. The maximum atomic E-state index is 11.5. The molecule has 1 heterocycles. The van der Waals surface area contributed by atoms with Gasteiger partial charge in [0.15, 0.2) is 0 Å². The molecule has 2 amide bonds. The first-order valence-electron chi connectivity index (χ1n) is 7.11. The number of benzene rings is 1. The molecule has 0 spiro atoms. The Balaban J connectivity index is 1.83. The van der Waals surface area contributed by atoms with Crippen molar-refractivity contribution >= 4 is 11.7 Å². The predicted octanol–water partition coefficient (Wildman–Crippen LogP) is 1.73. The summed E-state index contributed by atoms with van der Waals surface area (Å²) >= 11 is 0. The van der Waals surface area contributed by atoms with Gasteiger partial charge in [-0.05, 0) is 31.5 Å². The van der Waals surface area contributed by atoms with Crippen molar-refractivity contribution in [2.75, 3.05) is 31.2 Å². The average Bonchev–Trinajstić information content (AvgIpc) is 2.46. The number of hydrogen-bond acceptors (Lipinski definition) is 3. The summed E-state index contributed by atoms with van der Waals surface area (Å²) < 4.78 is 5.35. The first kappa shape index (κ1) is 14.7. The van der Waals surface area contributed by atoms with Crippen LogP contribution in [0.15, 0.2) is 24.3 Å². The Kier molecular flexibility index (Phi) is 5.24. The number of carbonyl (C=O) groups is 1. The van der Waals surface area contributed by atoms with Gasteiger partial charge in [-0.2, -0.15) is 0 Å². The average molecular weight is 277 g/mol. The Morgan fingerprint density at radius 3 is 2.50 bits per heavy atom. The minimum atomic E-state index is -0.128. The summed E-state index contributed by atoms with van der Waals surface area (Å²) in [5.41, 5.74) is 2.31. The normalized spacial score (nSPS) is 15.2. The largest absolute Gasteiger partial charge is 0.378 e. The van der Waals surface area contributed by atoms with Gasteiger partial charge in [0, 0.05) is 31.4 Å². The van der Waals surface area contributed by atoms with Crippen molar-refractivity contribution in [3.05, 3.63) is 29.8 Å². The summed E-state index contributed by atoms with van der Waals surface area (Å²) in [6, 6.07) is 8.34. The van der Waals surface area contributed by atoms with Crippen LogP contribution in [0.2, 0.25) is 0 Å². The fourth-order valence-electron chi connectivity index (χ4n) is 2.14. The maximum Gasteiger partial charge on any atom is 0.315 e. The molecule has 1 aromatic carbocycles. The van der Waals surface area contributed by atoms with Crippen LogP contribution in [0.4, 0.5) is 10.5 Å². The monoisotopic (exact) mass is 277 g/mol. The lowest BCUT2D eigenvalue weighted by Gasteiger charge is -2.28. The van der Waals surface area contributed by atoms with Gasteiger partial charge >= 0.3 is 6.03 Å². The first-order valence-corrected chi connectivity index (χ1v) is 7.11. The molecule has 0 atom stereocenters. The van der Waals surface area contributed by atoms with Gasteiger partial charge in [-0.1, -0.05) is 12.1 Å². The van der Waals surface area contributed by atoms with E-state index in [1.165, 1.54) is 5.69 Å². The van der Waals surface area contributed by atoms with E-state index in [0.29, 0.717) is 6.54 Å². The van der Waals surface area contributed by atoms with E-state index >= 15 is 0 Å². The van der Waals surface area contributed by atoms with Crippen LogP contribution in [0.25, 0.3) is 0 Å². The first-order chi connectivity index (χ1) is 9.65. The summed E-state index contributed by atoms with van der Waals surface area (Å²) in [6.45, 7) is 7.88. The van der Waals surface area contributed by atoms with Gasteiger partial charge in [0.2, 0.25) is 0 Å². The van der Waals surface area contributed by atoms with Crippen molar-refractivity contribution in [3.63, 3.8) is 0 Å². The molecule has 1 fully saturated rings. The van der Waals surface area contributed by atoms with Crippen molar-refractivity contribution in [2.24, 2.45) is 0 Å². The summed E-state index contributed by atoms with van der Waals surface area (Å²) in [7, 11) is 0. The van der Waals surface area contributed by atoms with Crippen LogP contribution >= 0.6 is 0 Å². The molecule has 5 heteroatoms. The molecule has 1 aliphatic rings. The molecule has 1 aromatic rings. The third-order valence-corrected chi connectivity index (χ3v) is 3.19. The fraction of sp³-hybridized carbons (Fsp3) is 0.533. The third kappa shape index (κ3) is 4.42. The van der Waals surface area contributed by atoms with E-state index in [-0.39, 0.29) is 12.1 Å². The highest BCUT2D eigenvalue weighted by atomic mass is 16.5. The quantitative estimate of drug-likeness (QED) is 0.881. The van der Waals surface area contributed by atoms with Crippen molar-refractivity contribution in [1.82, 2.24) is 10.6 Å². The number of rotatable bonds is 4. The molecular weight excluding hydrogens is 254 g/mol. The molecule has 2 N–H and O–H groups in total. The molecule has 1 aliphatic heterocycles. The van der Waals surface area contributed by atoms with Gasteiger partial charge in [-0.15, -0.1) is 0 Å². The van der Waals surface area contributed by atoms with E-state index in [2.05, 4.69) is 39.8 Å². The fourth-order valence-corrected chi connectivity index (χ4v) is 2.14. The lowest BCUT2D eigenvalue weighted by Crippen LogP contribution is -2.39. The van der Waals surface area contributed by atoms with E-state index in [0.717, 1.165) is 31.9 Å². The summed E-state index contributed by atoms with van der Waals surface area (Å²) in [4.78, 5) is 13.8. The zero-order valence-corrected chi connectivity index (χ0v) is 12.2. The van der Waals surface area contributed by atoms with Crippen LogP contribution in [-0.2, 0) is 11.3 Å². The van der Waals surface area contributed by atoms with Crippen molar-refractivity contribution in [2.45, 2.75) is 26.4 Å². The predicted molar refractivity (Wildman–Crippen MR) is 80.0 cm³/mol. The molecule has 20 heavy (non-hydrogen) atoms. The minimum absolute atomic E-state index is 0.128. The van der Waals surface area contributed by atoms with Crippen LogP contribution < -0.4 is 15.5 Å². The molecule has 2 rings (SSSR count). The number of amides is 2. The van der Waals surface area contributed by atoms with Crippen LogP contribution in [0, 0.1) is 0 Å². The number of nitrogens with zero attached hydrogens (tertiary/aromatic N) is 1. The Hall–Kier alpha value is -1.75. The number of morpholine rings is 1. The zero-order valence-electron chi connectivity index (χ0n) is 12.2. The Morgan fingerprint density at radius 1 is 1.25 bits per heavy atom. The van der Waals surface area contributed by atoms with E-state index in [4.69, 9.17) is 4.74 Å². The van der Waals surface area contributed by atoms with E-state index < -0.39 is 0 Å². The number of urea groups is 1. The van der Waals surface area contributed by atoms with Crippen molar-refractivity contribution in [1.29, 1.82) is 0 Å². The van der Waals surface area contributed by atoms with Crippen LogP contribution in [0.1, 0.15) is 19.4 Å². The Morgan fingerprint density at radius 2 is 1.90 bits per heavy atom. The summed E-state index contributed by atoms with van der Waals surface area (Å²) in [5, 5.41) is 5.65. The van der Waals surface area contributed by atoms with Gasteiger partial charge in [0.25, 0.3) is 0 Å².